The number of nitrogens with one attached hydrogen (secondary N) is 2. The van der Waals surface area contributed by atoms with E-state index in [0.29, 0.717) is 6.54 Å². The van der Waals surface area contributed by atoms with E-state index in [-0.39, 0.29) is 17.8 Å². The van der Waals surface area contributed by atoms with E-state index < -0.39 is 6.04 Å². The molecule has 1 heterocycles. The van der Waals surface area contributed by atoms with E-state index >= 15 is 0 Å². The Bertz CT molecular complexity index is 668. The third-order valence-corrected chi connectivity index (χ3v) is 3.96. The van der Waals surface area contributed by atoms with Crippen molar-refractivity contribution < 1.29 is 9.18 Å². The van der Waals surface area contributed by atoms with Gasteiger partial charge in [-0.2, -0.15) is 5.10 Å². The average molecular weight is 333 g/mol. The van der Waals surface area contributed by atoms with Gasteiger partial charge in [0.15, 0.2) is 0 Å². The molecule has 24 heavy (non-hydrogen) atoms. The van der Waals surface area contributed by atoms with Crippen LogP contribution in [-0.2, 0) is 11.8 Å². The molecular weight excluding hydrogens is 309 g/mol. The molecule has 0 aliphatic rings. The molecule has 7 heteroatoms. The van der Waals surface area contributed by atoms with E-state index in [1.54, 1.807) is 30.1 Å². The number of aromatic nitrogens is 2. The lowest BCUT2D eigenvalue weighted by molar-refractivity contribution is -0.123. The molecule has 2 N–H and O–H groups in total. The van der Waals surface area contributed by atoms with Crippen LogP contribution in [0.15, 0.2) is 36.7 Å². The minimum atomic E-state index is -0.463. The number of benzene rings is 1. The number of likely N-dealkylation sites (N-methyl/N-ethyl adjacent to an activating group) is 2. The van der Waals surface area contributed by atoms with Gasteiger partial charge in [-0.3, -0.25) is 9.48 Å². The normalized spacial score (nSPS) is 13.8. The molecular formula is C17H24FN5O. The van der Waals surface area contributed by atoms with Gasteiger partial charge in [-0.05, 0) is 38.8 Å². The maximum Gasteiger partial charge on any atom is 0.241 e. The molecule has 2 aromatic rings. The van der Waals surface area contributed by atoms with Crippen LogP contribution in [0.2, 0.25) is 0 Å². The molecule has 2 rings (SSSR count). The van der Waals surface area contributed by atoms with Gasteiger partial charge in [-0.25, -0.2) is 4.39 Å². The van der Waals surface area contributed by atoms with E-state index in [4.69, 9.17) is 0 Å². The fourth-order valence-electron chi connectivity index (χ4n) is 2.62. The number of carbonyl (C=O) groups excluding carboxylic acids is 1. The van der Waals surface area contributed by atoms with E-state index in [1.807, 2.05) is 32.2 Å². The quantitative estimate of drug-likeness (QED) is 0.800. The van der Waals surface area contributed by atoms with Crippen LogP contribution < -0.4 is 10.6 Å². The first-order valence-corrected chi connectivity index (χ1v) is 7.77. The predicted molar refractivity (Wildman–Crippen MR) is 90.8 cm³/mol. The second kappa shape index (κ2) is 8.03. The van der Waals surface area contributed by atoms with Gasteiger partial charge >= 0.3 is 0 Å². The van der Waals surface area contributed by atoms with Crippen LogP contribution in [0.25, 0.3) is 0 Å². The highest BCUT2D eigenvalue weighted by molar-refractivity contribution is 5.83. The molecule has 2 unspecified atom stereocenters. The van der Waals surface area contributed by atoms with Crippen molar-refractivity contribution in [1.82, 2.24) is 25.3 Å². The molecule has 2 atom stereocenters. The van der Waals surface area contributed by atoms with Gasteiger partial charge in [0.1, 0.15) is 11.9 Å². The highest BCUT2D eigenvalue weighted by Crippen LogP contribution is 2.18. The maximum absolute atomic E-state index is 13.1. The Morgan fingerprint density at radius 2 is 1.96 bits per heavy atom. The fraction of sp³-hybridized carbons (Fsp3) is 0.412. The van der Waals surface area contributed by atoms with Crippen LogP contribution >= 0.6 is 0 Å². The number of carbonyl (C=O) groups is 1. The van der Waals surface area contributed by atoms with Gasteiger partial charge in [-0.1, -0.05) is 12.1 Å². The second-order valence-corrected chi connectivity index (χ2v) is 5.95. The van der Waals surface area contributed by atoms with Crippen molar-refractivity contribution in [3.8, 4) is 0 Å². The zero-order valence-electron chi connectivity index (χ0n) is 14.5. The summed E-state index contributed by atoms with van der Waals surface area (Å²) in [6.07, 6.45) is 3.48. The SMILES string of the molecule is CNC(C(=O)NCC(c1ccc(F)cc1)N(C)C)c1cnn(C)c1. The largest absolute Gasteiger partial charge is 0.353 e. The first kappa shape index (κ1) is 18.1. The molecule has 1 amide bonds. The summed E-state index contributed by atoms with van der Waals surface area (Å²) in [6.45, 7) is 0.426. The zero-order valence-corrected chi connectivity index (χ0v) is 14.5. The van der Waals surface area contributed by atoms with Crippen LogP contribution in [0.4, 0.5) is 4.39 Å². The summed E-state index contributed by atoms with van der Waals surface area (Å²) in [6, 6.07) is 5.83. The summed E-state index contributed by atoms with van der Waals surface area (Å²) in [7, 11) is 7.40. The smallest absolute Gasteiger partial charge is 0.241 e. The topological polar surface area (TPSA) is 62.2 Å². The number of hydrogen-bond acceptors (Lipinski definition) is 4. The van der Waals surface area contributed by atoms with Crippen molar-refractivity contribution in [1.29, 1.82) is 0 Å². The average Bonchev–Trinajstić information content (AvgIpc) is 2.96. The van der Waals surface area contributed by atoms with E-state index in [1.165, 1.54) is 12.1 Å². The molecule has 0 spiro atoms. The molecule has 130 valence electrons. The molecule has 0 fully saturated rings. The molecule has 1 aromatic heterocycles. The third kappa shape index (κ3) is 4.39. The first-order valence-electron chi connectivity index (χ1n) is 7.77. The zero-order chi connectivity index (χ0) is 17.7. The summed E-state index contributed by atoms with van der Waals surface area (Å²) in [4.78, 5) is 14.5. The van der Waals surface area contributed by atoms with Gasteiger partial charge in [0.05, 0.1) is 12.2 Å². The van der Waals surface area contributed by atoms with Crippen molar-refractivity contribution in [2.75, 3.05) is 27.7 Å². The summed E-state index contributed by atoms with van der Waals surface area (Å²) < 4.78 is 14.8. The van der Waals surface area contributed by atoms with Gasteiger partial charge in [0.25, 0.3) is 0 Å². The predicted octanol–water partition coefficient (Wildman–Crippen LogP) is 1.24. The van der Waals surface area contributed by atoms with Crippen molar-refractivity contribution in [2.24, 2.45) is 7.05 Å². The van der Waals surface area contributed by atoms with Crippen LogP contribution in [-0.4, -0.2) is 48.3 Å². The van der Waals surface area contributed by atoms with Crippen LogP contribution in [0.3, 0.4) is 0 Å². The van der Waals surface area contributed by atoms with Crippen molar-refractivity contribution in [2.45, 2.75) is 12.1 Å². The molecule has 0 aliphatic heterocycles. The van der Waals surface area contributed by atoms with E-state index in [0.717, 1.165) is 11.1 Å². The minimum Gasteiger partial charge on any atom is -0.353 e. The van der Waals surface area contributed by atoms with Crippen molar-refractivity contribution in [3.63, 3.8) is 0 Å². The van der Waals surface area contributed by atoms with Crippen LogP contribution in [0.5, 0.6) is 0 Å². The van der Waals surface area contributed by atoms with Crippen molar-refractivity contribution in [3.05, 3.63) is 53.6 Å². The summed E-state index contributed by atoms with van der Waals surface area (Å²) in [5, 5.41) is 10.1. The lowest BCUT2D eigenvalue weighted by Gasteiger charge is -2.26. The van der Waals surface area contributed by atoms with Gasteiger partial charge in [0, 0.05) is 25.4 Å². The Balaban J connectivity index is 2.05. The number of halogens is 1. The van der Waals surface area contributed by atoms with Crippen LogP contribution in [0.1, 0.15) is 23.2 Å². The van der Waals surface area contributed by atoms with Gasteiger partial charge in [0.2, 0.25) is 5.91 Å². The Morgan fingerprint density at radius 1 is 1.29 bits per heavy atom. The van der Waals surface area contributed by atoms with Gasteiger partial charge in [-0.15, -0.1) is 0 Å². The standard InChI is InChI=1S/C17H24FN5O/c1-19-16(13-9-21-23(4)11-13)17(24)20-10-15(22(2)3)12-5-7-14(18)8-6-12/h5-9,11,15-16,19H,10H2,1-4H3,(H,20,24). The molecule has 0 bridgehead atoms. The molecule has 1 aromatic carbocycles. The lowest BCUT2D eigenvalue weighted by Crippen LogP contribution is -2.40. The first-order chi connectivity index (χ1) is 11.4. The third-order valence-electron chi connectivity index (χ3n) is 3.96. The Kier molecular flexibility index (Phi) is 6.05. The number of aryl methyl sites for hydroxylation is 1. The van der Waals surface area contributed by atoms with E-state index in [9.17, 15) is 9.18 Å². The summed E-state index contributed by atoms with van der Waals surface area (Å²) >= 11 is 0. The Labute approximate surface area is 141 Å². The lowest BCUT2D eigenvalue weighted by atomic mass is 10.1. The molecule has 0 saturated carbocycles. The Morgan fingerprint density at radius 3 is 2.46 bits per heavy atom. The highest BCUT2D eigenvalue weighted by atomic mass is 19.1. The van der Waals surface area contributed by atoms with Crippen molar-refractivity contribution >= 4 is 5.91 Å². The number of amides is 1. The molecule has 0 saturated heterocycles. The Hall–Kier alpha value is -2.25. The summed E-state index contributed by atoms with van der Waals surface area (Å²) in [5.41, 5.74) is 1.75. The number of rotatable bonds is 7. The second-order valence-electron chi connectivity index (χ2n) is 5.95. The highest BCUT2D eigenvalue weighted by Gasteiger charge is 2.22. The fourth-order valence-corrected chi connectivity index (χ4v) is 2.62. The monoisotopic (exact) mass is 333 g/mol. The molecule has 0 aliphatic carbocycles. The van der Waals surface area contributed by atoms with Crippen LogP contribution in [0, 0.1) is 5.82 Å². The number of hydrogen-bond donors (Lipinski definition) is 2. The maximum atomic E-state index is 13.1. The van der Waals surface area contributed by atoms with Gasteiger partial charge < -0.3 is 15.5 Å². The molecule has 0 radical (unpaired) electrons. The number of nitrogens with zero attached hydrogens (tertiary/aromatic N) is 3. The van der Waals surface area contributed by atoms with E-state index in [2.05, 4.69) is 15.7 Å². The minimum absolute atomic E-state index is 0.0408. The molecule has 6 nitrogen and oxygen atoms in total. The summed E-state index contributed by atoms with van der Waals surface area (Å²) in [5.74, 6) is -0.397.